The van der Waals surface area contributed by atoms with Crippen molar-refractivity contribution in [3.8, 4) is 5.75 Å². The van der Waals surface area contributed by atoms with Gasteiger partial charge in [-0.1, -0.05) is 22.0 Å². The molecule has 0 N–H and O–H groups in total. The monoisotopic (exact) mass is 557 g/mol. The number of nitrogens with zero attached hydrogens (tertiary/aromatic N) is 3. The molecule has 2 aromatic rings. The Labute approximate surface area is 218 Å². The number of likely N-dealkylation sites (N-methyl/N-ethyl adjacent to an activating group) is 1. The zero-order chi connectivity index (χ0) is 24.9. The number of benzene rings is 2. The van der Waals surface area contributed by atoms with Crippen LogP contribution in [0.15, 0.2) is 56.8 Å². The van der Waals surface area contributed by atoms with Crippen LogP contribution in [0.1, 0.15) is 36.7 Å². The molecule has 7 nitrogen and oxygen atoms in total. The molecule has 2 amide bonds. The number of hydrogen-bond acceptors (Lipinski definition) is 6. The van der Waals surface area contributed by atoms with Gasteiger partial charge in [0.2, 0.25) is 0 Å². The van der Waals surface area contributed by atoms with Crippen LogP contribution in [0.2, 0.25) is 0 Å². The molecule has 2 heterocycles. The van der Waals surface area contributed by atoms with E-state index in [-0.39, 0.29) is 17.9 Å². The molecule has 0 saturated carbocycles. The standard InChI is InChI=1S/C26H28BrN3O4S/c1-4-30-25(32)23(16-19-14-20(27)8-9-22(19)34-17(2)3)35-26(30)28-21-7-5-6-18(15-21)24(31)29-10-12-33-13-11-29/h5-9,14-17H,4,10-13H2,1-3H3/b23-16+,28-26?. The highest BCUT2D eigenvalue weighted by Gasteiger charge is 2.32. The second kappa shape index (κ2) is 11.4. The minimum absolute atomic E-state index is 0.0111. The minimum Gasteiger partial charge on any atom is -0.490 e. The van der Waals surface area contributed by atoms with Crippen LogP contribution in [0.4, 0.5) is 5.69 Å². The molecule has 0 unspecified atom stereocenters. The molecule has 35 heavy (non-hydrogen) atoms. The van der Waals surface area contributed by atoms with E-state index in [1.54, 1.807) is 21.9 Å². The van der Waals surface area contributed by atoms with Crippen molar-refractivity contribution in [1.29, 1.82) is 0 Å². The molecule has 184 valence electrons. The number of carbonyl (C=O) groups is 2. The van der Waals surface area contributed by atoms with Crippen molar-refractivity contribution >= 4 is 56.4 Å². The third-order valence-electron chi connectivity index (χ3n) is 5.44. The Kier molecular flexibility index (Phi) is 8.30. The molecule has 4 rings (SSSR count). The van der Waals surface area contributed by atoms with E-state index >= 15 is 0 Å². The Morgan fingerprint density at radius 2 is 2.00 bits per heavy atom. The van der Waals surface area contributed by atoms with Gasteiger partial charge < -0.3 is 14.4 Å². The summed E-state index contributed by atoms with van der Waals surface area (Å²) < 4.78 is 12.2. The quantitative estimate of drug-likeness (QED) is 0.449. The molecular formula is C26H28BrN3O4S. The minimum atomic E-state index is -0.104. The van der Waals surface area contributed by atoms with Crippen molar-refractivity contribution in [2.45, 2.75) is 26.9 Å². The summed E-state index contributed by atoms with van der Waals surface area (Å²) >= 11 is 4.83. The van der Waals surface area contributed by atoms with Crippen molar-refractivity contribution in [2.75, 3.05) is 32.8 Å². The molecule has 0 radical (unpaired) electrons. The number of hydrogen-bond donors (Lipinski definition) is 0. The van der Waals surface area contributed by atoms with Crippen LogP contribution in [0.3, 0.4) is 0 Å². The number of amides is 2. The number of ether oxygens (including phenoxy) is 2. The smallest absolute Gasteiger partial charge is 0.266 e. The Morgan fingerprint density at radius 1 is 1.23 bits per heavy atom. The Hall–Kier alpha value is -2.62. The lowest BCUT2D eigenvalue weighted by atomic mass is 10.1. The van der Waals surface area contributed by atoms with Gasteiger partial charge in [-0.3, -0.25) is 14.5 Å². The number of thioether (sulfide) groups is 1. The first-order chi connectivity index (χ1) is 16.9. The summed E-state index contributed by atoms with van der Waals surface area (Å²) in [6, 6.07) is 13.0. The van der Waals surface area contributed by atoms with E-state index in [1.165, 1.54) is 11.8 Å². The highest BCUT2D eigenvalue weighted by atomic mass is 79.9. The van der Waals surface area contributed by atoms with E-state index in [0.29, 0.717) is 59.9 Å². The van der Waals surface area contributed by atoms with Gasteiger partial charge in [0.15, 0.2) is 5.17 Å². The maximum absolute atomic E-state index is 13.2. The van der Waals surface area contributed by atoms with Crippen LogP contribution in [0.25, 0.3) is 6.08 Å². The Bertz CT molecular complexity index is 1170. The van der Waals surface area contributed by atoms with E-state index in [2.05, 4.69) is 15.9 Å². The van der Waals surface area contributed by atoms with Crippen molar-refractivity contribution < 1.29 is 19.1 Å². The van der Waals surface area contributed by atoms with Gasteiger partial charge in [0.05, 0.1) is 29.9 Å². The normalized spacial score (nSPS) is 18.7. The SMILES string of the molecule is CCN1C(=O)/C(=C\c2cc(Br)ccc2OC(C)C)SC1=Nc1cccc(C(=O)N2CCOCC2)c1. The van der Waals surface area contributed by atoms with E-state index in [1.807, 2.05) is 57.2 Å². The average Bonchev–Trinajstić information content (AvgIpc) is 3.14. The van der Waals surface area contributed by atoms with Gasteiger partial charge in [0.25, 0.3) is 11.8 Å². The molecule has 0 aliphatic carbocycles. The molecule has 0 bridgehead atoms. The fourth-order valence-corrected chi connectivity index (χ4v) is 5.20. The molecule has 9 heteroatoms. The van der Waals surface area contributed by atoms with E-state index in [9.17, 15) is 9.59 Å². The maximum Gasteiger partial charge on any atom is 0.266 e. The Balaban J connectivity index is 1.61. The summed E-state index contributed by atoms with van der Waals surface area (Å²) in [6.45, 7) is 8.61. The second-order valence-electron chi connectivity index (χ2n) is 8.36. The lowest BCUT2D eigenvalue weighted by Gasteiger charge is -2.26. The Morgan fingerprint density at radius 3 is 2.71 bits per heavy atom. The molecule has 2 aromatic carbocycles. The van der Waals surface area contributed by atoms with Gasteiger partial charge in [-0.05, 0) is 75.0 Å². The van der Waals surface area contributed by atoms with Crippen LogP contribution in [0.5, 0.6) is 5.75 Å². The molecule has 0 spiro atoms. The molecule has 0 atom stereocenters. The third-order valence-corrected chi connectivity index (χ3v) is 6.94. The van der Waals surface area contributed by atoms with Crippen molar-refractivity contribution in [3.63, 3.8) is 0 Å². The van der Waals surface area contributed by atoms with Gasteiger partial charge >= 0.3 is 0 Å². The summed E-state index contributed by atoms with van der Waals surface area (Å²) in [7, 11) is 0. The molecule has 0 aromatic heterocycles. The predicted molar refractivity (Wildman–Crippen MR) is 143 cm³/mol. The van der Waals surface area contributed by atoms with Gasteiger partial charge in [0.1, 0.15) is 5.75 Å². The largest absolute Gasteiger partial charge is 0.490 e. The highest BCUT2D eigenvalue weighted by molar-refractivity contribution is 9.10. The summed E-state index contributed by atoms with van der Waals surface area (Å²) in [4.78, 5) is 34.8. The summed E-state index contributed by atoms with van der Waals surface area (Å²) in [5.41, 5.74) is 2.02. The molecule has 2 saturated heterocycles. The zero-order valence-corrected chi connectivity index (χ0v) is 22.4. The first kappa shape index (κ1) is 25.5. The van der Waals surface area contributed by atoms with E-state index in [0.717, 1.165) is 10.0 Å². The van der Waals surface area contributed by atoms with E-state index in [4.69, 9.17) is 14.5 Å². The fourth-order valence-electron chi connectivity index (χ4n) is 3.77. The number of morpholine rings is 1. The van der Waals surface area contributed by atoms with Crippen LogP contribution in [-0.2, 0) is 9.53 Å². The first-order valence-electron chi connectivity index (χ1n) is 11.6. The van der Waals surface area contributed by atoms with Crippen LogP contribution >= 0.6 is 27.7 Å². The topological polar surface area (TPSA) is 71.4 Å². The number of carbonyl (C=O) groups excluding carboxylic acids is 2. The van der Waals surface area contributed by atoms with Gasteiger partial charge in [-0.25, -0.2) is 4.99 Å². The van der Waals surface area contributed by atoms with Gasteiger partial charge in [0, 0.05) is 35.2 Å². The average molecular weight is 558 g/mol. The summed E-state index contributed by atoms with van der Waals surface area (Å²) in [5.74, 6) is 0.574. The van der Waals surface area contributed by atoms with E-state index < -0.39 is 0 Å². The fraction of sp³-hybridized carbons (Fsp3) is 0.346. The number of halogens is 1. The van der Waals surface area contributed by atoms with Crippen molar-refractivity contribution in [1.82, 2.24) is 9.80 Å². The summed E-state index contributed by atoms with van der Waals surface area (Å²) in [6.07, 6.45) is 1.86. The molecular weight excluding hydrogens is 530 g/mol. The molecule has 2 fully saturated rings. The lowest BCUT2D eigenvalue weighted by Crippen LogP contribution is -2.40. The van der Waals surface area contributed by atoms with Crippen molar-refractivity contribution in [2.24, 2.45) is 4.99 Å². The summed E-state index contributed by atoms with van der Waals surface area (Å²) in [5, 5.41) is 0.584. The first-order valence-corrected chi connectivity index (χ1v) is 13.2. The molecule has 2 aliphatic rings. The lowest BCUT2D eigenvalue weighted by molar-refractivity contribution is -0.122. The zero-order valence-electron chi connectivity index (χ0n) is 20.0. The van der Waals surface area contributed by atoms with Crippen LogP contribution in [0, 0.1) is 0 Å². The van der Waals surface area contributed by atoms with Crippen LogP contribution in [-0.4, -0.2) is 65.7 Å². The van der Waals surface area contributed by atoms with Crippen molar-refractivity contribution in [3.05, 3.63) is 63.0 Å². The van der Waals surface area contributed by atoms with Gasteiger partial charge in [-0.15, -0.1) is 0 Å². The molecule has 2 aliphatic heterocycles. The number of amidine groups is 1. The third kappa shape index (κ3) is 6.15. The maximum atomic E-state index is 13.2. The number of aliphatic imine (C=N–C) groups is 1. The highest BCUT2D eigenvalue weighted by Crippen LogP contribution is 2.36. The number of rotatable bonds is 6. The van der Waals surface area contributed by atoms with Crippen LogP contribution < -0.4 is 4.74 Å². The predicted octanol–water partition coefficient (Wildman–Crippen LogP) is 5.33. The second-order valence-corrected chi connectivity index (χ2v) is 10.3. The van der Waals surface area contributed by atoms with Gasteiger partial charge in [-0.2, -0.15) is 0 Å².